The Bertz CT molecular complexity index is 315. The van der Waals surface area contributed by atoms with Crippen LogP contribution in [-0.2, 0) is 4.74 Å². The smallest absolute Gasteiger partial charge is 0.123 e. The number of hydrogen-bond acceptors (Lipinski definition) is 2. The molecule has 3 heteroatoms. The fourth-order valence-corrected chi connectivity index (χ4v) is 1.61. The van der Waals surface area contributed by atoms with Gasteiger partial charge in [-0.25, -0.2) is 4.39 Å². The zero-order valence-corrected chi connectivity index (χ0v) is 10.2. The summed E-state index contributed by atoms with van der Waals surface area (Å²) < 4.78 is 18.3. The van der Waals surface area contributed by atoms with Crippen molar-refractivity contribution < 1.29 is 9.13 Å². The highest BCUT2D eigenvalue weighted by molar-refractivity contribution is 5.21. The lowest BCUT2D eigenvalue weighted by Crippen LogP contribution is -2.29. The maximum atomic E-state index is 13.1. The Balaban J connectivity index is 2.68. The summed E-state index contributed by atoms with van der Waals surface area (Å²) >= 11 is 0. The summed E-state index contributed by atoms with van der Waals surface area (Å²) in [6.45, 7) is 5.59. The first-order valence-corrected chi connectivity index (χ1v) is 5.61. The molecule has 90 valence electrons. The Kier molecular flexibility index (Phi) is 5.43. The standard InChI is InChI=1S/C13H20FNO/c1-10(2)15-8-12(9-16-3)11-5-4-6-13(14)7-11/h4-7,10,12,15H,8-9H2,1-3H3. The van der Waals surface area contributed by atoms with Gasteiger partial charge in [0, 0.05) is 25.6 Å². The van der Waals surface area contributed by atoms with Crippen molar-refractivity contribution in [2.75, 3.05) is 20.3 Å². The van der Waals surface area contributed by atoms with Crippen LogP contribution in [0.3, 0.4) is 0 Å². The van der Waals surface area contributed by atoms with E-state index in [9.17, 15) is 4.39 Å². The molecule has 2 nitrogen and oxygen atoms in total. The van der Waals surface area contributed by atoms with Gasteiger partial charge in [0.2, 0.25) is 0 Å². The molecule has 0 aliphatic carbocycles. The van der Waals surface area contributed by atoms with Crippen LogP contribution >= 0.6 is 0 Å². The molecular formula is C13H20FNO. The largest absolute Gasteiger partial charge is 0.384 e. The molecule has 0 saturated carbocycles. The number of methoxy groups -OCH3 is 1. The van der Waals surface area contributed by atoms with Gasteiger partial charge < -0.3 is 10.1 Å². The number of benzene rings is 1. The molecule has 1 aromatic carbocycles. The van der Waals surface area contributed by atoms with E-state index in [1.54, 1.807) is 19.2 Å². The minimum Gasteiger partial charge on any atom is -0.384 e. The van der Waals surface area contributed by atoms with Crippen LogP contribution in [0.15, 0.2) is 24.3 Å². The topological polar surface area (TPSA) is 21.3 Å². The minimum absolute atomic E-state index is 0.192. The average molecular weight is 225 g/mol. The van der Waals surface area contributed by atoms with Gasteiger partial charge in [-0.1, -0.05) is 26.0 Å². The van der Waals surface area contributed by atoms with Crippen LogP contribution in [0.25, 0.3) is 0 Å². The molecular weight excluding hydrogens is 205 g/mol. The fourth-order valence-electron chi connectivity index (χ4n) is 1.61. The Labute approximate surface area is 96.8 Å². The molecule has 0 aliphatic rings. The Morgan fingerprint density at radius 3 is 2.69 bits per heavy atom. The lowest BCUT2D eigenvalue weighted by molar-refractivity contribution is 0.177. The number of nitrogens with one attached hydrogen (secondary N) is 1. The maximum absolute atomic E-state index is 13.1. The van der Waals surface area contributed by atoms with Gasteiger partial charge in [0.15, 0.2) is 0 Å². The van der Waals surface area contributed by atoms with Gasteiger partial charge in [-0.15, -0.1) is 0 Å². The van der Waals surface area contributed by atoms with Crippen LogP contribution in [0.4, 0.5) is 4.39 Å². The normalized spacial score (nSPS) is 13.1. The molecule has 16 heavy (non-hydrogen) atoms. The van der Waals surface area contributed by atoms with Crippen molar-refractivity contribution in [3.8, 4) is 0 Å². The van der Waals surface area contributed by atoms with E-state index < -0.39 is 0 Å². The predicted octanol–water partition coefficient (Wildman–Crippen LogP) is 2.55. The molecule has 0 aromatic heterocycles. The molecule has 0 fully saturated rings. The van der Waals surface area contributed by atoms with Crippen LogP contribution in [0.5, 0.6) is 0 Å². The van der Waals surface area contributed by atoms with Crippen molar-refractivity contribution in [1.82, 2.24) is 5.32 Å². The van der Waals surface area contributed by atoms with Crippen molar-refractivity contribution in [2.24, 2.45) is 0 Å². The van der Waals surface area contributed by atoms with Gasteiger partial charge >= 0.3 is 0 Å². The summed E-state index contributed by atoms with van der Waals surface area (Å²) in [7, 11) is 1.67. The molecule has 1 N–H and O–H groups in total. The molecule has 0 radical (unpaired) electrons. The van der Waals surface area contributed by atoms with Gasteiger partial charge in [-0.2, -0.15) is 0 Å². The SMILES string of the molecule is COCC(CNC(C)C)c1cccc(F)c1. The quantitative estimate of drug-likeness (QED) is 0.803. The third-order valence-electron chi connectivity index (χ3n) is 2.46. The molecule has 0 spiro atoms. The van der Waals surface area contributed by atoms with Crippen molar-refractivity contribution >= 4 is 0 Å². The van der Waals surface area contributed by atoms with E-state index in [-0.39, 0.29) is 11.7 Å². The predicted molar refractivity (Wildman–Crippen MR) is 64.2 cm³/mol. The average Bonchev–Trinajstić information content (AvgIpc) is 2.24. The van der Waals surface area contributed by atoms with E-state index in [0.29, 0.717) is 12.6 Å². The van der Waals surface area contributed by atoms with E-state index in [1.807, 2.05) is 6.07 Å². The number of hydrogen-bond donors (Lipinski definition) is 1. The highest BCUT2D eigenvalue weighted by atomic mass is 19.1. The summed E-state index contributed by atoms with van der Waals surface area (Å²) in [5, 5.41) is 3.35. The van der Waals surface area contributed by atoms with Crippen LogP contribution < -0.4 is 5.32 Å². The van der Waals surface area contributed by atoms with Gasteiger partial charge in [0.05, 0.1) is 6.61 Å². The van der Waals surface area contributed by atoms with Gasteiger partial charge in [0.1, 0.15) is 5.82 Å². The second kappa shape index (κ2) is 6.61. The number of ether oxygens (including phenoxy) is 1. The molecule has 0 aliphatic heterocycles. The molecule has 0 heterocycles. The summed E-state index contributed by atoms with van der Waals surface area (Å²) in [5.74, 6) is 0.00579. The molecule has 1 unspecified atom stereocenters. The molecule has 1 aromatic rings. The molecule has 1 atom stereocenters. The highest BCUT2D eigenvalue weighted by Gasteiger charge is 2.12. The lowest BCUT2D eigenvalue weighted by Gasteiger charge is -2.19. The van der Waals surface area contributed by atoms with Crippen LogP contribution in [0.2, 0.25) is 0 Å². The van der Waals surface area contributed by atoms with Gasteiger partial charge in [-0.3, -0.25) is 0 Å². The van der Waals surface area contributed by atoms with Gasteiger partial charge in [0.25, 0.3) is 0 Å². The van der Waals surface area contributed by atoms with Crippen molar-refractivity contribution in [2.45, 2.75) is 25.8 Å². The zero-order valence-electron chi connectivity index (χ0n) is 10.2. The second-order valence-corrected chi connectivity index (χ2v) is 4.27. The monoisotopic (exact) mass is 225 g/mol. The summed E-state index contributed by atoms with van der Waals surface area (Å²) in [6.07, 6.45) is 0. The van der Waals surface area contributed by atoms with Crippen molar-refractivity contribution in [3.63, 3.8) is 0 Å². The maximum Gasteiger partial charge on any atom is 0.123 e. The van der Waals surface area contributed by atoms with Crippen molar-refractivity contribution in [3.05, 3.63) is 35.6 Å². The van der Waals surface area contributed by atoms with E-state index >= 15 is 0 Å². The van der Waals surface area contributed by atoms with Gasteiger partial charge in [-0.05, 0) is 17.7 Å². The summed E-state index contributed by atoms with van der Waals surface area (Å²) in [5.41, 5.74) is 0.981. The van der Waals surface area contributed by atoms with Crippen LogP contribution in [0, 0.1) is 5.82 Å². The Hall–Kier alpha value is -0.930. The zero-order chi connectivity index (χ0) is 12.0. The van der Waals surface area contributed by atoms with E-state index in [0.717, 1.165) is 12.1 Å². The molecule has 0 bridgehead atoms. The fraction of sp³-hybridized carbons (Fsp3) is 0.538. The number of halogens is 1. The Morgan fingerprint density at radius 2 is 2.12 bits per heavy atom. The van der Waals surface area contributed by atoms with Crippen LogP contribution in [0.1, 0.15) is 25.3 Å². The van der Waals surface area contributed by atoms with E-state index in [1.165, 1.54) is 6.07 Å². The minimum atomic E-state index is -0.192. The molecule has 0 saturated heterocycles. The molecule has 1 rings (SSSR count). The first kappa shape index (κ1) is 13.1. The third-order valence-corrected chi connectivity index (χ3v) is 2.46. The third kappa shape index (κ3) is 4.29. The summed E-state index contributed by atoms with van der Waals surface area (Å²) in [4.78, 5) is 0. The van der Waals surface area contributed by atoms with Crippen LogP contribution in [-0.4, -0.2) is 26.3 Å². The van der Waals surface area contributed by atoms with Crippen molar-refractivity contribution in [1.29, 1.82) is 0 Å². The highest BCUT2D eigenvalue weighted by Crippen LogP contribution is 2.16. The number of rotatable bonds is 6. The summed E-state index contributed by atoms with van der Waals surface area (Å²) in [6, 6.07) is 7.14. The molecule has 0 amide bonds. The van der Waals surface area contributed by atoms with E-state index in [2.05, 4.69) is 19.2 Å². The second-order valence-electron chi connectivity index (χ2n) is 4.27. The Morgan fingerprint density at radius 1 is 1.38 bits per heavy atom. The first-order chi connectivity index (χ1) is 7.63. The lowest BCUT2D eigenvalue weighted by atomic mass is 9.99. The van der Waals surface area contributed by atoms with E-state index in [4.69, 9.17) is 4.74 Å². The first-order valence-electron chi connectivity index (χ1n) is 5.61.